The van der Waals surface area contributed by atoms with Gasteiger partial charge in [-0.05, 0) is 71.2 Å². The Hall–Kier alpha value is -5.22. The van der Waals surface area contributed by atoms with Gasteiger partial charge in [0.15, 0.2) is 19.5 Å². The lowest BCUT2D eigenvalue weighted by molar-refractivity contribution is -0.118. The van der Waals surface area contributed by atoms with Crippen molar-refractivity contribution < 1.29 is 37.0 Å². The molecule has 1 aliphatic rings. The van der Waals surface area contributed by atoms with Gasteiger partial charge in [0.2, 0.25) is 11.9 Å². The molecule has 1 fully saturated rings. The van der Waals surface area contributed by atoms with E-state index in [2.05, 4.69) is 49.1 Å². The molecule has 14 nitrogen and oxygen atoms in total. The number of ether oxygens (including phenoxy) is 3. The zero-order valence-electron chi connectivity index (χ0n) is 37.5. The number of benzene rings is 4. The fraction of sp³-hybridized carbons (Fsp3) is 0.362. The Morgan fingerprint density at radius 2 is 1.41 bits per heavy atom. The molecule has 0 saturated carbocycles. The first kappa shape index (κ1) is 46.8. The molecule has 1 unspecified atom stereocenters. The number of hydrogen-bond donors (Lipinski definition) is 2. The molecule has 338 valence electrons. The molecule has 7 rings (SSSR count). The second kappa shape index (κ2) is 19.5. The van der Waals surface area contributed by atoms with Crippen LogP contribution in [-0.4, -0.2) is 72.0 Å². The summed E-state index contributed by atoms with van der Waals surface area (Å²) in [5, 5.41) is 1.27. The van der Waals surface area contributed by atoms with E-state index in [0.717, 1.165) is 16.7 Å². The molecule has 2 aromatic heterocycles. The third-order valence-corrected chi connectivity index (χ3v) is 18.7. The molecule has 64 heavy (non-hydrogen) atoms. The van der Waals surface area contributed by atoms with Crippen LogP contribution in [0.3, 0.4) is 0 Å². The second-order valence-electron chi connectivity index (χ2n) is 17.4. The number of fused-ring (bicyclic) bond motifs is 1. The number of H-pyrrole nitrogens is 1. The Morgan fingerprint density at radius 1 is 0.844 bits per heavy atom. The number of rotatable bonds is 17. The first-order chi connectivity index (χ1) is 30.5. The van der Waals surface area contributed by atoms with Crippen molar-refractivity contribution in [2.45, 2.75) is 81.2 Å². The maximum absolute atomic E-state index is 14.1. The molecule has 1 amide bonds. The Morgan fingerprint density at radius 3 is 1.95 bits per heavy atom. The first-order valence-electron chi connectivity index (χ1n) is 21.1. The van der Waals surface area contributed by atoms with Gasteiger partial charge in [-0.2, -0.15) is 4.98 Å². The third kappa shape index (κ3) is 9.87. The lowest BCUT2D eigenvalue weighted by Gasteiger charge is -2.42. The van der Waals surface area contributed by atoms with E-state index in [1.807, 2.05) is 84.9 Å². The van der Waals surface area contributed by atoms with E-state index in [0.29, 0.717) is 17.2 Å². The quantitative estimate of drug-likeness (QED) is 0.0506. The normalized spacial score (nSPS) is 18.5. The van der Waals surface area contributed by atoms with Gasteiger partial charge in [-0.3, -0.25) is 29.0 Å². The van der Waals surface area contributed by atoms with E-state index in [1.165, 1.54) is 18.1 Å². The maximum atomic E-state index is 14.1. The summed E-state index contributed by atoms with van der Waals surface area (Å²) in [6.45, 7) is 14.4. The SMILES string of the molecule is COc1ccc(C(OC[C@H]2S[C@@H](n3cnc4c(=O)[nH]c(NC(=O)C(C)C)nc43)[C@H](O[PH](=O)Oc3ccccc3)[C@@H]2O[Si](C)(C)C(C)(C)C)(c2ccccc2)c2ccc(OC)cc2)cc1. The third-order valence-electron chi connectivity index (χ3n) is 11.8. The van der Waals surface area contributed by atoms with E-state index in [9.17, 15) is 14.2 Å². The summed E-state index contributed by atoms with van der Waals surface area (Å²) in [6, 6.07) is 34.5. The van der Waals surface area contributed by atoms with Gasteiger partial charge in [0, 0.05) is 5.92 Å². The molecule has 6 aromatic rings. The highest BCUT2D eigenvalue weighted by Crippen LogP contribution is 2.53. The molecule has 0 aliphatic carbocycles. The number of thioether (sulfide) groups is 1. The summed E-state index contributed by atoms with van der Waals surface area (Å²) in [7, 11) is -2.61. The minimum absolute atomic E-state index is 0.0278. The molecular formula is C47H56N5O9PSSi. The second-order valence-corrected chi connectivity index (χ2v) is 24.4. The molecule has 17 heteroatoms. The zero-order chi connectivity index (χ0) is 45.8. The standard InChI is InChI=1S/C47H56N5O9PSSi/c1-30(2)42(53)50-45-49-41-38(43(54)51-45)48-29-52(41)44-40(60-62(55)59-36-18-14-11-15-19-36)39(61-64(8,9)46(3,4)5)37(63-44)28-58-47(31-16-12-10-13-17-31,32-20-24-34(56-6)25-21-32)33-22-26-35(57-7)27-23-33/h10-27,29-30,37,39-40,44,62H,28H2,1-9H3,(H2,49,50,51,53,54)/t37-,39-,40-,44-/m1/s1. The average molecular weight is 926 g/mol. The van der Waals surface area contributed by atoms with Crippen molar-refractivity contribution in [3.05, 3.63) is 143 Å². The average Bonchev–Trinajstić information content (AvgIpc) is 3.85. The number of nitrogens with one attached hydrogen (secondary N) is 2. The van der Waals surface area contributed by atoms with E-state index in [1.54, 1.807) is 56.9 Å². The van der Waals surface area contributed by atoms with Crippen molar-refractivity contribution >= 4 is 51.4 Å². The van der Waals surface area contributed by atoms with Crippen molar-refractivity contribution in [1.82, 2.24) is 19.5 Å². The molecule has 3 heterocycles. The molecule has 4 aromatic carbocycles. The van der Waals surface area contributed by atoms with Gasteiger partial charge < -0.3 is 23.2 Å². The van der Waals surface area contributed by atoms with Crippen LogP contribution in [0.25, 0.3) is 11.2 Å². The number of aromatic amines is 1. The molecular weight excluding hydrogens is 870 g/mol. The maximum Gasteiger partial charge on any atom is 0.368 e. The van der Waals surface area contributed by atoms with Crippen molar-refractivity contribution in [3.8, 4) is 17.2 Å². The number of methoxy groups -OCH3 is 2. The van der Waals surface area contributed by atoms with Gasteiger partial charge in [0.1, 0.15) is 34.3 Å². The number of nitrogens with zero attached hydrogens (tertiary/aromatic N) is 3. The molecule has 1 saturated heterocycles. The van der Waals surface area contributed by atoms with Gasteiger partial charge in [0.25, 0.3) is 5.56 Å². The predicted octanol–water partition coefficient (Wildman–Crippen LogP) is 9.60. The lowest BCUT2D eigenvalue weighted by Crippen LogP contribution is -2.50. The van der Waals surface area contributed by atoms with Crippen molar-refractivity contribution in [2.24, 2.45) is 5.92 Å². The number of anilines is 1. The van der Waals surface area contributed by atoms with E-state index >= 15 is 0 Å². The van der Waals surface area contributed by atoms with Crippen molar-refractivity contribution in [3.63, 3.8) is 0 Å². The van der Waals surface area contributed by atoms with Crippen LogP contribution in [0, 0.1) is 5.92 Å². The molecule has 2 N–H and O–H groups in total. The Labute approximate surface area is 379 Å². The zero-order valence-corrected chi connectivity index (χ0v) is 40.3. The topological polar surface area (TPSA) is 165 Å². The van der Waals surface area contributed by atoms with Gasteiger partial charge in [-0.25, -0.2) is 9.55 Å². The number of carbonyl (C=O) groups excluding carboxylic acids is 1. The smallest absolute Gasteiger partial charge is 0.368 e. The summed E-state index contributed by atoms with van der Waals surface area (Å²) in [6.07, 6.45) is -0.160. The number of aromatic nitrogens is 4. The van der Waals surface area contributed by atoms with E-state index < -0.39 is 50.6 Å². The summed E-state index contributed by atoms with van der Waals surface area (Å²) >= 11 is 1.48. The predicted molar refractivity (Wildman–Crippen MR) is 253 cm³/mol. The Bertz CT molecular complexity index is 2560. The lowest BCUT2D eigenvalue weighted by atomic mass is 9.80. The molecule has 1 aliphatic heterocycles. The van der Waals surface area contributed by atoms with Crippen molar-refractivity contribution in [2.75, 3.05) is 26.1 Å². The monoisotopic (exact) mass is 925 g/mol. The highest BCUT2D eigenvalue weighted by molar-refractivity contribution is 8.00. The molecule has 5 atom stereocenters. The fourth-order valence-electron chi connectivity index (χ4n) is 7.28. The molecule has 0 spiro atoms. The van der Waals surface area contributed by atoms with Crippen LogP contribution in [0.15, 0.2) is 120 Å². The van der Waals surface area contributed by atoms with Crippen LogP contribution in [0.2, 0.25) is 18.1 Å². The van der Waals surface area contributed by atoms with Crippen LogP contribution in [0.5, 0.6) is 17.2 Å². The first-order valence-corrected chi connectivity index (χ1v) is 26.1. The number of para-hydroxylation sites is 1. The summed E-state index contributed by atoms with van der Waals surface area (Å²) in [4.78, 5) is 38.1. The fourth-order valence-corrected chi connectivity index (χ4v) is 11.2. The van der Waals surface area contributed by atoms with Crippen LogP contribution in [0.1, 0.15) is 56.7 Å². The highest BCUT2D eigenvalue weighted by Gasteiger charge is 2.53. The minimum Gasteiger partial charge on any atom is -0.497 e. The van der Waals surface area contributed by atoms with Crippen LogP contribution >= 0.6 is 20.0 Å². The van der Waals surface area contributed by atoms with E-state index in [-0.39, 0.29) is 40.6 Å². The van der Waals surface area contributed by atoms with Gasteiger partial charge in [-0.1, -0.05) is 107 Å². The van der Waals surface area contributed by atoms with Gasteiger partial charge in [0.05, 0.1) is 38.5 Å². The van der Waals surface area contributed by atoms with E-state index in [4.69, 9.17) is 32.7 Å². The Kier molecular flexibility index (Phi) is 14.2. The van der Waals surface area contributed by atoms with Crippen LogP contribution in [0.4, 0.5) is 5.95 Å². The highest BCUT2D eigenvalue weighted by atomic mass is 32.2. The molecule has 0 bridgehead atoms. The molecule has 0 radical (unpaired) electrons. The summed E-state index contributed by atoms with van der Waals surface area (Å²) in [5.41, 5.74) is 1.12. The van der Waals surface area contributed by atoms with Gasteiger partial charge >= 0.3 is 8.25 Å². The van der Waals surface area contributed by atoms with Gasteiger partial charge in [-0.15, -0.1) is 11.8 Å². The van der Waals surface area contributed by atoms with Crippen molar-refractivity contribution in [1.29, 1.82) is 0 Å². The minimum atomic E-state index is -3.24. The number of amides is 1. The number of hydrogen-bond acceptors (Lipinski definition) is 12. The number of carbonyl (C=O) groups is 1. The number of imidazole rings is 1. The summed E-state index contributed by atoms with van der Waals surface area (Å²) < 4.78 is 54.4. The largest absolute Gasteiger partial charge is 0.497 e. The summed E-state index contributed by atoms with van der Waals surface area (Å²) in [5.74, 6) is 1.05. The van der Waals surface area contributed by atoms with Crippen LogP contribution < -0.4 is 24.9 Å². The Balaban J connectivity index is 1.38. The van der Waals surface area contributed by atoms with Crippen LogP contribution in [-0.2, 0) is 28.6 Å².